The molecule has 0 rings (SSSR count). The average Bonchev–Trinajstić information content (AvgIpc) is 1.61. The summed E-state index contributed by atoms with van der Waals surface area (Å²) in [6.45, 7) is 1.92. The van der Waals surface area contributed by atoms with Gasteiger partial charge in [0.1, 0.15) is 6.34 Å². The number of hydrogen-bond acceptors (Lipinski definition) is 1. The van der Waals surface area contributed by atoms with Gasteiger partial charge in [-0.25, -0.2) is 4.99 Å². The van der Waals surface area contributed by atoms with Gasteiger partial charge in [0.15, 0.2) is 0 Å². The SMILES string of the molecule is C/N=C\N=C(\C)I. The van der Waals surface area contributed by atoms with Crippen LogP contribution in [0.2, 0.25) is 0 Å². The van der Waals surface area contributed by atoms with E-state index in [0.717, 1.165) is 3.72 Å². The largest absolute Gasteiger partial charge is 0.277 e. The highest BCUT2D eigenvalue weighted by Crippen LogP contribution is 1.84. The Balaban J connectivity index is 3.46. The molecule has 0 aromatic carbocycles. The summed E-state index contributed by atoms with van der Waals surface area (Å²) in [6.07, 6.45) is 1.53. The first-order valence-electron chi connectivity index (χ1n) is 1.88. The topological polar surface area (TPSA) is 24.7 Å². The highest BCUT2D eigenvalue weighted by atomic mass is 127. The molecule has 40 valence electrons. The number of nitrogens with zero attached hydrogens (tertiary/aromatic N) is 2. The third-order valence-electron chi connectivity index (χ3n) is 0.351. The summed E-state index contributed by atoms with van der Waals surface area (Å²) >= 11 is 2.12. The molecule has 0 aliphatic carbocycles. The van der Waals surface area contributed by atoms with Gasteiger partial charge in [-0.3, -0.25) is 4.99 Å². The molecule has 0 bridgehead atoms. The minimum Gasteiger partial charge on any atom is -0.277 e. The van der Waals surface area contributed by atoms with Crippen LogP contribution < -0.4 is 0 Å². The second-order valence-corrected chi connectivity index (χ2v) is 2.56. The maximum Gasteiger partial charge on any atom is 0.110 e. The molecular formula is C4H7IN2. The Morgan fingerprint density at radius 1 is 1.71 bits per heavy atom. The minimum atomic E-state index is 1.00. The van der Waals surface area contributed by atoms with Gasteiger partial charge in [-0.1, -0.05) is 0 Å². The summed E-state index contributed by atoms with van der Waals surface area (Å²) in [5.41, 5.74) is 0. The van der Waals surface area contributed by atoms with Crippen molar-refractivity contribution >= 4 is 32.6 Å². The van der Waals surface area contributed by atoms with E-state index in [1.807, 2.05) is 6.92 Å². The van der Waals surface area contributed by atoms with Gasteiger partial charge in [-0.15, -0.1) is 0 Å². The van der Waals surface area contributed by atoms with Crippen LogP contribution in [0.1, 0.15) is 6.92 Å². The van der Waals surface area contributed by atoms with Crippen LogP contribution in [0.15, 0.2) is 9.98 Å². The lowest BCUT2D eigenvalue weighted by molar-refractivity contribution is 1.45. The average molecular weight is 210 g/mol. The number of aliphatic imine (C=N–C) groups is 2. The monoisotopic (exact) mass is 210 g/mol. The van der Waals surface area contributed by atoms with Gasteiger partial charge >= 0.3 is 0 Å². The lowest BCUT2D eigenvalue weighted by atomic mass is 10.9. The standard InChI is InChI=1S/C4H7IN2/c1-4(5)7-3-6-2/h3H,1-2H3/b6-3-,7-4-. The molecule has 3 heteroatoms. The first-order valence-corrected chi connectivity index (χ1v) is 2.95. The summed E-state index contributed by atoms with van der Waals surface area (Å²) in [6, 6.07) is 0. The quantitative estimate of drug-likeness (QED) is 0.356. The zero-order valence-electron chi connectivity index (χ0n) is 4.35. The summed E-state index contributed by atoms with van der Waals surface area (Å²) in [5, 5.41) is 0. The molecule has 0 radical (unpaired) electrons. The molecule has 0 aliphatic rings. The van der Waals surface area contributed by atoms with Crippen LogP contribution in [-0.4, -0.2) is 17.1 Å². The first kappa shape index (κ1) is 7.07. The Morgan fingerprint density at radius 3 is 2.43 bits per heavy atom. The Hall–Kier alpha value is 0.0700. The zero-order valence-corrected chi connectivity index (χ0v) is 6.51. The number of halogens is 1. The van der Waals surface area contributed by atoms with Crippen LogP contribution in [-0.2, 0) is 0 Å². The van der Waals surface area contributed by atoms with Crippen LogP contribution in [0, 0.1) is 0 Å². The maximum absolute atomic E-state index is 3.85. The van der Waals surface area contributed by atoms with Gasteiger partial charge in [0.2, 0.25) is 0 Å². The van der Waals surface area contributed by atoms with Crippen LogP contribution >= 0.6 is 22.6 Å². The van der Waals surface area contributed by atoms with Crippen molar-refractivity contribution in [3.8, 4) is 0 Å². The van der Waals surface area contributed by atoms with E-state index in [2.05, 4.69) is 32.6 Å². The second kappa shape index (κ2) is 4.23. The van der Waals surface area contributed by atoms with E-state index >= 15 is 0 Å². The van der Waals surface area contributed by atoms with E-state index in [0.29, 0.717) is 0 Å². The van der Waals surface area contributed by atoms with E-state index in [1.165, 1.54) is 6.34 Å². The molecular weight excluding hydrogens is 203 g/mol. The lowest BCUT2D eigenvalue weighted by Crippen LogP contribution is -1.72. The van der Waals surface area contributed by atoms with Crippen molar-refractivity contribution in [3.05, 3.63) is 0 Å². The van der Waals surface area contributed by atoms with Crippen LogP contribution in [0.25, 0.3) is 0 Å². The fraction of sp³-hybridized carbons (Fsp3) is 0.500. The highest BCUT2D eigenvalue weighted by molar-refractivity contribution is 14.1. The van der Waals surface area contributed by atoms with E-state index in [1.54, 1.807) is 7.05 Å². The Kier molecular flexibility index (Phi) is 4.28. The van der Waals surface area contributed by atoms with E-state index < -0.39 is 0 Å². The smallest absolute Gasteiger partial charge is 0.110 e. The van der Waals surface area contributed by atoms with Crippen molar-refractivity contribution in [1.29, 1.82) is 0 Å². The molecule has 0 aromatic heterocycles. The van der Waals surface area contributed by atoms with Gasteiger partial charge in [0, 0.05) is 7.05 Å². The van der Waals surface area contributed by atoms with Crippen molar-refractivity contribution in [1.82, 2.24) is 0 Å². The van der Waals surface area contributed by atoms with Crippen molar-refractivity contribution in [3.63, 3.8) is 0 Å². The van der Waals surface area contributed by atoms with Gasteiger partial charge < -0.3 is 0 Å². The highest BCUT2D eigenvalue weighted by Gasteiger charge is 1.70. The molecule has 7 heavy (non-hydrogen) atoms. The first-order chi connectivity index (χ1) is 3.27. The fourth-order valence-corrected chi connectivity index (χ4v) is 0.262. The van der Waals surface area contributed by atoms with Crippen molar-refractivity contribution in [2.24, 2.45) is 9.98 Å². The molecule has 0 N–H and O–H groups in total. The normalized spacial score (nSPS) is 13.3. The molecule has 0 amide bonds. The molecule has 0 saturated heterocycles. The Labute approximate surface area is 56.9 Å². The van der Waals surface area contributed by atoms with E-state index in [9.17, 15) is 0 Å². The zero-order chi connectivity index (χ0) is 5.70. The summed E-state index contributed by atoms with van der Waals surface area (Å²) < 4.78 is 1.00. The van der Waals surface area contributed by atoms with Gasteiger partial charge in [-0.05, 0) is 29.5 Å². The molecule has 0 aliphatic heterocycles. The maximum atomic E-state index is 3.85. The fourth-order valence-electron chi connectivity index (χ4n) is 0.137. The summed E-state index contributed by atoms with van der Waals surface area (Å²) in [7, 11) is 1.70. The van der Waals surface area contributed by atoms with E-state index in [4.69, 9.17) is 0 Å². The van der Waals surface area contributed by atoms with Gasteiger partial charge in [-0.2, -0.15) is 0 Å². The summed E-state index contributed by atoms with van der Waals surface area (Å²) in [4.78, 5) is 7.51. The third kappa shape index (κ3) is 6.07. The predicted octanol–water partition coefficient (Wildman–Crippen LogP) is 1.50. The molecule has 0 atom stereocenters. The minimum absolute atomic E-state index is 1.00. The molecule has 0 saturated carbocycles. The molecule has 0 spiro atoms. The molecule has 0 aromatic rings. The van der Waals surface area contributed by atoms with Gasteiger partial charge in [0.05, 0.1) is 3.72 Å². The molecule has 0 fully saturated rings. The third-order valence-corrected chi connectivity index (χ3v) is 0.630. The van der Waals surface area contributed by atoms with Crippen molar-refractivity contribution in [2.75, 3.05) is 7.05 Å². The lowest BCUT2D eigenvalue weighted by Gasteiger charge is -1.75. The molecule has 0 heterocycles. The number of rotatable bonds is 1. The van der Waals surface area contributed by atoms with Crippen LogP contribution in [0.4, 0.5) is 0 Å². The predicted molar refractivity (Wildman–Crippen MR) is 41.5 cm³/mol. The van der Waals surface area contributed by atoms with Crippen LogP contribution in [0.5, 0.6) is 0 Å². The molecule has 2 nitrogen and oxygen atoms in total. The summed E-state index contributed by atoms with van der Waals surface area (Å²) in [5.74, 6) is 0. The van der Waals surface area contributed by atoms with Crippen LogP contribution in [0.3, 0.4) is 0 Å². The Bertz CT molecular complexity index is 91.9. The van der Waals surface area contributed by atoms with Crippen molar-refractivity contribution < 1.29 is 0 Å². The Morgan fingerprint density at radius 2 is 2.29 bits per heavy atom. The second-order valence-electron chi connectivity index (χ2n) is 1.000. The molecule has 0 unspecified atom stereocenters. The van der Waals surface area contributed by atoms with Crippen molar-refractivity contribution in [2.45, 2.75) is 6.92 Å². The number of hydrogen-bond donors (Lipinski definition) is 0. The van der Waals surface area contributed by atoms with E-state index in [-0.39, 0.29) is 0 Å². The van der Waals surface area contributed by atoms with Gasteiger partial charge in [0.25, 0.3) is 0 Å².